The van der Waals surface area contributed by atoms with Crippen LogP contribution in [0.5, 0.6) is 0 Å². The van der Waals surface area contributed by atoms with Crippen molar-refractivity contribution in [2.75, 3.05) is 0 Å². The van der Waals surface area contributed by atoms with Crippen molar-refractivity contribution in [1.29, 1.82) is 0 Å². The standard InChI is InChI=1S/C64H42N4O.C3H8/c1-64(2)54-24-10-8-20-49(54)50-33-28-43(37-55(50)64)42-17-12-18-44(36-42)48-22-13-23-53-59-47-19-7-6-14-39(47)30-35-56(59)68(60(48)53)46-31-26-41(27-32-46)62-65-61(40-15-4-3-5-16-40)66-63(67-62)45-29-34-52-51-21-9-11-25-57(51)69-58(52)38-45;1-3-2/h3-38H,1-2H3;3H2,1-2H3. The predicted molar refractivity (Wildman–Crippen MR) is 300 cm³/mol. The molecule has 1 aliphatic rings. The van der Waals surface area contributed by atoms with E-state index in [1.165, 1.54) is 66.9 Å². The zero-order chi connectivity index (χ0) is 48.5. The molecule has 5 heteroatoms. The molecule has 13 aromatic rings. The van der Waals surface area contributed by atoms with Gasteiger partial charge in [-0.2, -0.15) is 0 Å². The molecule has 0 spiro atoms. The topological polar surface area (TPSA) is 56.7 Å². The van der Waals surface area contributed by atoms with Crippen molar-refractivity contribution in [2.24, 2.45) is 0 Å². The van der Waals surface area contributed by atoms with Crippen molar-refractivity contribution in [3.8, 4) is 73.2 Å². The molecule has 344 valence electrons. The lowest BCUT2D eigenvalue weighted by Gasteiger charge is -2.22. The summed E-state index contributed by atoms with van der Waals surface area (Å²) >= 11 is 0. The smallest absolute Gasteiger partial charge is 0.164 e. The van der Waals surface area contributed by atoms with E-state index in [9.17, 15) is 0 Å². The van der Waals surface area contributed by atoms with Crippen LogP contribution in [0.2, 0.25) is 0 Å². The van der Waals surface area contributed by atoms with E-state index < -0.39 is 0 Å². The van der Waals surface area contributed by atoms with E-state index >= 15 is 0 Å². The minimum atomic E-state index is -0.0778. The van der Waals surface area contributed by atoms with E-state index in [-0.39, 0.29) is 5.41 Å². The molecule has 0 saturated heterocycles. The first-order valence-corrected chi connectivity index (χ1v) is 25.0. The molecule has 0 bridgehead atoms. The van der Waals surface area contributed by atoms with Gasteiger partial charge in [0.05, 0.1) is 11.0 Å². The van der Waals surface area contributed by atoms with Gasteiger partial charge in [0, 0.05) is 54.9 Å². The average Bonchev–Trinajstić information content (AvgIpc) is 4.06. The number of hydrogen-bond acceptors (Lipinski definition) is 4. The summed E-state index contributed by atoms with van der Waals surface area (Å²) in [6, 6.07) is 78.1. The second kappa shape index (κ2) is 17.2. The minimum Gasteiger partial charge on any atom is -0.456 e. The van der Waals surface area contributed by atoms with Crippen LogP contribution in [0.4, 0.5) is 0 Å². The van der Waals surface area contributed by atoms with Crippen LogP contribution in [-0.4, -0.2) is 19.5 Å². The summed E-state index contributed by atoms with van der Waals surface area (Å²) in [5, 5.41) is 7.04. The Labute approximate surface area is 418 Å². The van der Waals surface area contributed by atoms with Gasteiger partial charge < -0.3 is 8.98 Å². The molecule has 1 aliphatic carbocycles. The number of fused-ring (bicyclic) bond motifs is 11. The van der Waals surface area contributed by atoms with Gasteiger partial charge in [0.1, 0.15) is 11.2 Å². The number of nitrogens with zero attached hydrogens (tertiary/aromatic N) is 4. The Morgan fingerprint density at radius 2 is 0.972 bits per heavy atom. The van der Waals surface area contributed by atoms with Crippen LogP contribution >= 0.6 is 0 Å². The molecule has 0 radical (unpaired) electrons. The predicted octanol–water partition coefficient (Wildman–Crippen LogP) is 18.1. The molecule has 0 atom stereocenters. The highest BCUT2D eigenvalue weighted by Gasteiger charge is 2.35. The van der Waals surface area contributed by atoms with Crippen LogP contribution in [0.25, 0.3) is 128 Å². The highest BCUT2D eigenvalue weighted by molar-refractivity contribution is 6.23. The molecule has 0 amide bonds. The van der Waals surface area contributed by atoms with Crippen molar-refractivity contribution in [1.82, 2.24) is 19.5 Å². The normalized spacial score (nSPS) is 12.6. The lowest BCUT2D eigenvalue weighted by Crippen LogP contribution is -2.14. The third-order valence-corrected chi connectivity index (χ3v) is 14.5. The van der Waals surface area contributed by atoms with Crippen LogP contribution in [0.1, 0.15) is 45.2 Å². The fourth-order valence-corrected chi connectivity index (χ4v) is 11.1. The Hall–Kier alpha value is -8.93. The van der Waals surface area contributed by atoms with Gasteiger partial charge in [0.2, 0.25) is 0 Å². The van der Waals surface area contributed by atoms with Crippen molar-refractivity contribution < 1.29 is 4.42 Å². The summed E-state index contributed by atoms with van der Waals surface area (Å²) in [7, 11) is 0. The van der Waals surface area contributed by atoms with E-state index in [1.807, 2.05) is 54.6 Å². The molecule has 5 nitrogen and oxygen atoms in total. The quantitative estimate of drug-likeness (QED) is 0.167. The largest absolute Gasteiger partial charge is 0.456 e. The van der Waals surface area contributed by atoms with E-state index in [4.69, 9.17) is 19.4 Å². The zero-order valence-electron chi connectivity index (χ0n) is 40.7. The summed E-state index contributed by atoms with van der Waals surface area (Å²) in [6.07, 6.45) is 1.25. The maximum atomic E-state index is 6.30. The fourth-order valence-electron chi connectivity index (χ4n) is 11.1. The lowest BCUT2D eigenvalue weighted by molar-refractivity contribution is 0.660. The zero-order valence-corrected chi connectivity index (χ0v) is 40.7. The molecule has 0 N–H and O–H groups in total. The summed E-state index contributed by atoms with van der Waals surface area (Å²) in [6.45, 7) is 8.95. The van der Waals surface area contributed by atoms with Gasteiger partial charge in [-0.25, -0.2) is 15.0 Å². The van der Waals surface area contributed by atoms with E-state index in [2.05, 4.69) is 196 Å². The number of furan rings is 1. The molecule has 0 unspecified atom stereocenters. The van der Waals surface area contributed by atoms with E-state index in [0.29, 0.717) is 17.5 Å². The van der Waals surface area contributed by atoms with Crippen molar-refractivity contribution in [3.63, 3.8) is 0 Å². The summed E-state index contributed by atoms with van der Waals surface area (Å²) in [5.41, 5.74) is 17.8. The number of aromatic nitrogens is 4. The maximum absolute atomic E-state index is 6.30. The van der Waals surface area contributed by atoms with Crippen LogP contribution in [0.15, 0.2) is 223 Å². The van der Waals surface area contributed by atoms with E-state index in [0.717, 1.165) is 60.9 Å². The monoisotopic (exact) mass is 926 g/mol. The highest BCUT2D eigenvalue weighted by atomic mass is 16.3. The van der Waals surface area contributed by atoms with Gasteiger partial charge in [-0.15, -0.1) is 0 Å². The van der Waals surface area contributed by atoms with Gasteiger partial charge in [-0.3, -0.25) is 0 Å². The molecule has 0 saturated carbocycles. The van der Waals surface area contributed by atoms with Crippen molar-refractivity contribution >= 4 is 54.5 Å². The Morgan fingerprint density at radius 3 is 1.79 bits per heavy atom. The van der Waals surface area contributed by atoms with Crippen LogP contribution < -0.4 is 0 Å². The first-order valence-electron chi connectivity index (χ1n) is 25.0. The number of rotatable bonds is 6. The molecule has 0 fully saturated rings. The van der Waals surface area contributed by atoms with Crippen molar-refractivity contribution in [2.45, 2.75) is 39.5 Å². The number of para-hydroxylation sites is 2. The second-order valence-corrected chi connectivity index (χ2v) is 19.5. The first kappa shape index (κ1) is 43.1. The molecule has 14 rings (SSSR count). The maximum Gasteiger partial charge on any atom is 0.164 e. The Bertz CT molecular complexity index is 4240. The Balaban J connectivity index is 0.00000164. The molecular weight excluding hydrogens is 877 g/mol. The fraction of sp³-hybridized carbons (Fsp3) is 0.0896. The van der Waals surface area contributed by atoms with Gasteiger partial charge in [0.25, 0.3) is 0 Å². The first-order chi connectivity index (χ1) is 35.4. The third kappa shape index (κ3) is 7.03. The summed E-state index contributed by atoms with van der Waals surface area (Å²) in [4.78, 5) is 15.3. The Kier molecular flexibility index (Phi) is 10.3. The highest BCUT2D eigenvalue weighted by Crippen LogP contribution is 2.50. The van der Waals surface area contributed by atoms with Gasteiger partial charge >= 0.3 is 0 Å². The van der Waals surface area contributed by atoms with Gasteiger partial charge in [-0.05, 0) is 110 Å². The van der Waals surface area contributed by atoms with Gasteiger partial charge in [0.15, 0.2) is 17.5 Å². The third-order valence-electron chi connectivity index (χ3n) is 14.5. The molecule has 0 aliphatic heterocycles. The van der Waals surface area contributed by atoms with Crippen LogP contribution in [0, 0.1) is 0 Å². The number of benzene rings is 10. The molecule has 72 heavy (non-hydrogen) atoms. The SMILES string of the molecule is CC1(C)c2ccccc2-c2ccc(-c3cccc(-c4cccc5c6c7ccccc7ccc6n(-c6ccc(-c7nc(-c8ccccc8)nc(-c8ccc9c(c8)oc8ccccc89)n7)cc6)c45)c3)cc21.CCC. The average molecular weight is 927 g/mol. The summed E-state index contributed by atoms with van der Waals surface area (Å²) < 4.78 is 8.74. The molecule has 10 aromatic carbocycles. The summed E-state index contributed by atoms with van der Waals surface area (Å²) in [5.74, 6) is 1.79. The minimum absolute atomic E-state index is 0.0778. The van der Waals surface area contributed by atoms with Crippen molar-refractivity contribution in [3.05, 3.63) is 230 Å². The second-order valence-electron chi connectivity index (χ2n) is 19.5. The molecule has 3 heterocycles. The van der Waals surface area contributed by atoms with Gasteiger partial charge in [-0.1, -0.05) is 192 Å². The van der Waals surface area contributed by atoms with Crippen LogP contribution in [0.3, 0.4) is 0 Å². The molecular formula is C67H50N4O. The Morgan fingerprint density at radius 1 is 0.403 bits per heavy atom. The number of hydrogen-bond donors (Lipinski definition) is 0. The molecule has 3 aromatic heterocycles. The van der Waals surface area contributed by atoms with Crippen LogP contribution in [-0.2, 0) is 5.41 Å². The van der Waals surface area contributed by atoms with E-state index in [1.54, 1.807) is 0 Å². The lowest BCUT2D eigenvalue weighted by atomic mass is 9.81.